The Morgan fingerprint density at radius 3 is 2.58 bits per heavy atom. The molecule has 0 aliphatic carbocycles. The van der Waals surface area contributed by atoms with Crippen molar-refractivity contribution in [3.8, 4) is 0 Å². The van der Waals surface area contributed by atoms with Gasteiger partial charge >= 0.3 is 0 Å². The second kappa shape index (κ2) is 9.13. The van der Waals surface area contributed by atoms with Crippen LogP contribution in [-0.4, -0.2) is 30.2 Å². The van der Waals surface area contributed by atoms with Gasteiger partial charge in [-0.15, -0.1) is 0 Å². The molecule has 0 unspecified atom stereocenters. The molecule has 0 aliphatic rings. The Bertz CT molecular complexity index is 118. The van der Waals surface area contributed by atoms with Gasteiger partial charge in [0, 0.05) is 13.1 Å². The van der Waals surface area contributed by atoms with Crippen LogP contribution in [0.4, 0.5) is 0 Å². The molecule has 0 spiro atoms. The zero-order valence-electron chi connectivity index (χ0n) is 7.85. The first-order valence-corrected chi connectivity index (χ1v) is 6.12. The molecule has 0 aromatic rings. The van der Waals surface area contributed by atoms with Crippen LogP contribution in [0.2, 0.25) is 0 Å². The minimum atomic E-state index is 0.790. The van der Waals surface area contributed by atoms with E-state index in [1.54, 1.807) is 0 Å². The smallest absolute Gasteiger partial charge is 0.166 e. The fourth-order valence-corrected chi connectivity index (χ4v) is 1.36. The minimum Gasteiger partial charge on any atom is -0.363 e. The van der Waals surface area contributed by atoms with Gasteiger partial charge in [-0.1, -0.05) is 6.92 Å². The van der Waals surface area contributed by atoms with E-state index in [4.69, 9.17) is 12.2 Å². The van der Waals surface area contributed by atoms with Crippen molar-refractivity contribution in [1.29, 1.82) is 0 Å². The first kappa shape index (κ1) is 12.0. The quantitative estimate of drug-likeness (QED) is 0.509. The monoisotopic (exact) mass is 206 g/mol. The average molecular weight is 206 g/mol. The van der Waals surface area contributed by atoms with Gasteiger partial charge in [-0.05, 0) is 37.1 Å². The Labute approximate surface area is 84.9 Å². The molecular formula is C8H18N2S2. The Kier molecular flexibility index (Phi) is 9.16. The van der Waals surface area contributed by atoms with Crippen LogP contribution in [0, 0.1) is 0 Å². The summed E-state index contributed by atoms with van der Waals surface area (Å²) >= 11 is 6.91. The maximum atomic E-state index is 5.04. The van der Waals surface area contributed by atoms with E-state index in [1.165, 1.54) is 12.2 Å². The average Bonchev–Trinajstić information content (AvgIpc) is 2.09. The lowest BCUT2D eigenvalue weighted by Crippen LogP contribution is -2.36. The highest BCUT2D eigenvalue weighted by Crippen LogP contribution is 1.92. The van der Waals surface area contributed by atoms with Crippen LogP contribution in [0.1, 0.15) is 19.8 Å². The van der Waals surface area contributed by atoms with E-state index in [0.717, 1.165) is 24.6 Å². The molecule has 0 radical (unpaired) electrons. The highest BCUT2D eigenvalue weighted by atomic mass is 32.2. The van der Waals surface area contributed by atoms with Crippen LogP contribution < -0.4 is 10.6 Å². The van der Waals surface area contributed by atoms with E-state index in [1.807, 2.05) is 11.8 Å². The molecule has 72 valence electrons. The summed E-state index contributed by atoms with van der Waals surface area (Å²) in [5, 5.41) is 7.07. The summed E-state index contributed by atoms with van der Waals surface area (Å²) in [6.07, 6.45) is 4.41. The van der Waals surface area contributed by atoms with Gasteiger partial charge in [0.1, 0.15) is 0 Å². The first-order chi connectivity index (χ1) is 5.81. The highest BCUT2D eigenvalue weighted by molar-refractivity contribution is 7.98. The zero-order valence-corrected chi connectivity index (χ0v) is 9.49. The lowest BCUT2D eigenvalue weighted by atomic mass is 10.5. The molecule has 12 heavy (non-hydrogen) atoms. The Morgan fingerprint density at radius 1 is 1.33 bits per heavy atom. The molecule has 4 heteroatoms. The van der Waals surface area contributed by atoms with Crippen LogP contribution in [0.5, 0.6) is 0 Å². The van der Waals surface area contributed by atoms with Crippen molar-refractivity contribution in [3.05, 3.63) is 0 Å². The summed E-state index contributed by atoms with van der Waals surface area (Å²) in [7, 11) is 0. The molecule has 0 amide bonds. The van der Waals surface area contributed by atoms with Gasteiger partial charge in [0.25, 0.3) is 0 Å². The van der Waals surface area contributed by atoms with Crippen molar-refractivity contribution in [2.75, 3.05) is 25.1 Å². The molecule has 2 N–H and O–H groups in total. The van der Waals surface area contributed by atoms with Crippen molar-refractivity contribution in [3.63, 3.8) is 0 Å². The summed E-state index contributed by atoms with van der Waals surface area (Å²) < 4.78 is 0. The van der Waals surface area contributed by atoms with Gasteiger partial charge in [-0.25, -0.2) is 0 Å². The van der Waals surface area contributed by atoms with Crippen molar-refractivity contribution in [1.82, 2.24) is 10.6 Å². The predicted molar refractivity (Wildman–Crippen MR) is 61.9 cm³/mol. The zero-order chi connectivity index (χ0) is 9.23. The van der Waals surface area contributed by atoms with E-state index < -0.39 is 0 Å². The van der Waals surface area contributed by atoms with Crippen LogP contribution in [0.3, 0.4) is 0 Å². The normalized spacial score (nSPS) is 9.50. The molecule has 0 fully saturated rings. The largest absolute Gasteiger partial charge is 0.363 e. The summed E-state index contributed by atoms with van der Waals surface area (Å²) in [6, 6.07) is 0. The summed E-state index contributed by atoms with van der Waals surface area (Å²) in [5.74, 6) is 1.20. The van der Waals surface area contributed by atoms with Gasteiger partial charge in [0.2, 0.25) is 0 Å². The van der Waals surface area contributed by atoms with Crippen LogP contribution in [0.15, 0.2) is 0 Å². The van der Waals surface area contributed by atoms with E-state index in [9.17, 15) is 0 Å². The van der Waals surface area contributed by atoms with Crippen LogP contribution in [0.25, 0.3) is 0 Å². The molecule has 2 nitrogen and oxygen atoms in total. The second-order valence-electron chi connectivity index (χ2n) is 2.53. The fraction of sp³-hybridized carbons (Fsp3) is 0.875. The van der Waals surface area contributed by atoms with Gasteiger partial charge in [0.15, 0.2) is 5.11 Å². The molecular weight excluding hydrogens is 188 g/mol. The van der Waals surface area contributed by atoms with Crippen molar-refractivity contribution in [2.45, 2.75) is 19.8 Å². The SMILES string of the molecule is CCCNC(=S)NCCCSC. The lowest BCUT2D eigenvalue weighted by molar-refractivity contribution is 0.784. The Balaban J connectivity index is 3.08. The number of hydrogen-bond donors (Lipinski definition) is 2. The Morgan fingerprint density at radius 2 is 2.00 bits per heavy atom. The standard InChI is InChI=1S/C8H18N2S2/c1-3-5-9-8(11)10-6-4-7-12-2/h3-7H2,1-2H3,(H2,9,10,11). The van der Waals surface area contributed by atoms with Gasteiger partial charge < -0.3 is 10.6 Å². The van der Waals surface area contributed by atoms with Crippen molar-refractivity contribution in [2.24, 2.45) is 0 Å². The van der Waals surface area contributed by atoms with Crippen molar-refractivity contribution >= 4 is 29.1 Å². The molecule has 0 saturated carbocycles. The third-order valence-corrected chi connectivity index (χ3v) is 2.33. The van der Waals surface area contributed by atoms with Crippen LogP contribution in [-0.2, 0) is 0 Å². The maximum absolute atomic E-state index is 5.04. The summed E-state index contributed by atoms with van der Waals surface area (Å²) in [5.41, 5.74) is 0. The molecule has 0 rings (SSSR count). The molecule has 0 heterocycles. The van der Waals surface area contributed by atoms with E-state index in [0.29, 0.717) is 0 Å². The third-order valence-electron chi connectivity index (χ3n) is 1.35. The molecule has 0 bridgehead atoms. The first-order valence-electron chi connectivity index (χ1n) is 4.32. The van der Waals surface area contributed by atoms with Gasteiger partial charge in [-0.2, -0.15) is 11.8 Å². The number of nitrogens with one attached hydrogen (secondary N) is 2. The molecule has 0 aromatic heterocycles. The second-order valence-corrected chi connectivity index (χ2v) is 3.92. The highest BCUT2D eigenvalue weighted by Gasteiger charge is 1.91. The van der Waals surface area contributed by atoms with E-state index >= 15 is 0 Å². The van der Waals surface area contributed by atoms with E-state index in [2.05, 4.69) is 23.8 Å². The van der Waals surface area contributed by atoms with Gasteiger partial charge in [0.05, 0.1) is 0 Å². The number of thioether (sulfide) groups is 1. The number of hydrogen-bond acceptors (Lipinski definition) is 2. The molecule has 0 atom stereocenters. The summed E-state index contributed by atoms with van der Waals surface area (Å²) in [4.78, 5) is 0. The molecule has 0 aromatic carbocycles. The van der Waals surface area contributed by atoms with Crippen LogP contribution >= 0.6 is 24.0 Å². The topological polar surface area (TPSA) is 24.1 Å². The lowest BCUT2D eigenvalue weighted by Gasteiger charge is -2.08. The third kappa shape index (κ3) is 8.14. The van der Waals surface area contributed by atoms with Gasteiger partial charge in [-0.3, -0.25) is 0 Å². The predicted octanol–water partition coefficient (Wildman–Crippen LogP) is 1.61. The minimum absolute atomic E-state index is 0.790. The van der Waals surface area contributed by atoms with Crippen molar-refractivity contribution < 1.29 is 0 Å². The van der Waals surface area contributed by atoms with E-state index in [-0.39, 0.29) is 0 Å². The molecule has 0 saturated heterocycles. The number of rotatable bonds is 6. The number of thiocarbonyl (C=S) groups is 1. The summed E-state index contributed by atoms with van der Waals surface area (Å²) in [6.45, 7) is 4.08. The molecule has 0 aliphatic heterocycles. The maximum Gasteiger partial charge on any atom is 0.166 e. The Hall–Kier alpha value is 0.0400. The fourth-order valence-electron chi connectivity index (χ4n) is 0.719.